The van der Waals surface area contributed by atoms with Crippen LogP contribution in [0.2, 0.25) is 0 Å². The molecule has 0 fully saturated rings. The largest absolute Gasteiger partial charge is 0.480 e. The van der Waals surface area contributed by atoms with Gasteiger partial charge in [-0.05, 0) is 36.8 Å². The highest BCUT2D eigenvalue weighted by atomic mass is 16.4. The summed E-state index contributed by atoms with van der Waals surface area (Å²) in [5.74, 6) is -3.52. The van der Waals surface area contributed by atoms with Crippen molar-refractivity contribution in [3.05, 3.63) is 36.0 Å². The minimum absolute atomic E-state index is 0.0110. The van der Waals surface area contributed by atoms with Crippen LogP contribution in [0, 0.1) is 5.92 Å². The van der Waals surface area contributed by atoms with Crippen LogP contribution in [0.4, 0.5) is 0 Å². The van der Waals surface area contributed by atoms with Crippen molar-refractivity contribution >= 4 is 40.6 Å². The molecule has 12 N–H and O–H groups in total. The van der Waals surface area contributed by atoms with Crippen LogP contribution in [0.1, 0.15) is 38.7 Å². The lowest BCUT2D eigenvalue weighted by molar-refractivity contribution is -0.142. The van der Waals surface area contributed by atoms with Gasteiger partial charge >= 0.3 is 5.97 Å². The van der Waals surface area contributed by atoms with E-state index in [1.165, 1.54) is 0 Å². The van der Waals surface area contributed by atoms with Crippen LogP contribution in [0.3, 0.4) is 0 Å². The van der Waals surface area contributed by atoms with E-state index in [9.17, 15) is 29.4 Å². The highest BCUT2D eigenvalue weighted by Gasteiger charge is 2.30. The zero-order valence-corrected chi connectivity index (χ0v) is 22.7. The number of nitrogens with one attached hydrogen (secondary N) is 4. The Balaban J connectivity index is 2.04. The molecule has 0 radical (unpaired) electrons. The Morgan fingerprint density at radius 2 is 1.60 bits per heavy atom. The van der Waals surface area contributed by atoms with Crippen molar-refractivity contribution in [1.29, 1.82) is 0 Å². The van der Waals surface area contributed by atoms with Gasteiger partial charge in [0.1, 0.15) is 18.1 Å². The summed E-state index contributed by atoms with van der Waals surface area (Å²) in [5.41, 5.74) is 18.0. The van der Waals surface area contributed by atoms with Gasteiger partial charge < -0.3 is 48.3 Å². The van der Waals surface area contributed by atoms with Crippen molar-refractivity contribution in [3.8, 4) is 0 Å². The molecule has 1 heterocycles. The molecule has 3 amide bonds. The highest BCUT2D eigenvalue weighted by Crippen LogP contribution is 2.19. The lowest BCUT2D eigenvalue weighted by Gasteiger charge is -2.25. The van der Waals surface area contributed by atoms with E-state index in [1.807, 2.05) is 38.1 Å². The molecule has 4 unspecified atom stereocenters. The Bertz CT molecular complexity index is 1190. The second-order valence-corrected chi connectivity index (χ2v) is 9.95. The van der Waals surface area contributed by atoms with E-state index in [0.29, 0.717) is 18.5 Å². The Hall–Kier alpha value is -4.17. The number of H-pyrrole nitrogens is 1. The van der Waals surface area contributed by atoms with Gasteiger partial charge in [-0.1, -0.05) is 32.0 Å². The predicted molar refractivity (Wildman–Crippen MR) is 150 cm³/mol. The summed E-state index contributed by atoms with van der Waals surface area (Å²) in [7, 11) is 0. The van der Waals surface area contributed by atoms with Crippen molar-refractivity contribution in [2.45, 2.75) is 63.7 Å². The molecule has 0 saturated heterocycles. The molecule has 0 saturated carbocycles. The monoisotopic (exact) mass is 560 g/mol. The number of aliphatic hydroxyl groups is 1. The number of nitrogens with two attached hydrogens (primary N) is 3. The van der Waals surface area contributed by atoms with E-state index in [4.69, 9.17) is 17.2 Å². The number of aliphatic hydroxyl groups excluding tert-OH is 1. The molecular weight excluding hydrogens is 520 g/mol. The third kappa shape index (κ3) is 9.85. The molecule has 4 atom stereocenters. The highest BCUT2D eigenvalue weighted by molar-refractivity contribution is 5.94. The topological polar surface area (TPSA) is 251 Å². The minimum Gasteiger partial charge on any atom is -0.480 e. The Kier molecular flexibility index (Phi) is 12.4. The number of carboxylic acid groups (broad SMARTS) is 1. The number of carbonyl (C=O) groups is 4. The number of amides is 3. The van der Waals surface area contributed by atoms with E-state index < -0.39 is 54.5 Å². The summed E-state index contributed by atoms with van der Waals surface area (Å²) in [4.78, 5) is 57.4. The van der Waals surface area contributed by atoms with Crippen LogP contribution >= 0.6 is 0 Å². The molecule has 2 aromatic rings. The fraction of sp³-hybridized carbons (Fsp3) is 0.500. The molecule has 0 aliphatic heterocycles. The van der Waals surface area contributed by atoms with Gasteiger partial charge in [-0.25, -0.2) is 4.79 Å². The van der Waals surface area contributed by atoms with Crippen LogP contribution in [-0.2, 0) is 25.6 Å². The number of fused-ring (bicyclic) bond motifs is 1. The lowest BCUT2D eigenvalue weighted by Crippen LogP contribution is -2.58. The predicted octanol–water partition coefficient (Wildman–Crippen LogP) is -1.33. The first-order valence-corrected chi connectivity index (χ1v) is 13.0. The third-order valence-corrected chi connectivity index (χ3v) is 6.17. The van der Waals surface area contributed by atoms with E-state index in [1.54, 1.807) is 6.20 Å². The first-order valence-electron chi connectivity index (χ1n) is 13.0. The number of para-hydroxylation sites is 1. The van der Waals surface area contributed by atoms with Crippen molar-refractivity contribution in [3.63, 3.8) is 0 Å². The number of benzene rings is 1. The first-order chi connectivity index (χ1) is 18.9. The molecule has 0 aliphatic rings. The Morgan fingerprint density at radius 1 is 0.975 bits per heavy atom. The first kappa shape index (κ1) is 32.0. The number of carboxylic acids is 1. The second kappa shape index (κ2) is 15.4. The maximum absolute atomic E-state index is 13.0. The number of guanidine groups is 1. The van der Waals surface area contributed by atoms with E-state index in [-0.39, 0.29) is 31.1 Å². The Morgan fingerprint density at radius 3 is 2.23 bits per heavy atom. The maximum Gasteiger partial charge on any atom is 0.326 e. The molecule has 220 valence electrons. The number of rotatable bonds is 16. The lowest BCUT2D eigenvalue weighted by atomic mass is 10.0. The molecule has 1 aromatic heterocycles. The summed E-state index contributed by atoms with van der Waals surface area (Å²) < 4.78 is 0. The zero-order valence-electron chi connectivity index (χ0n) is 22.7. The normalized spacial score (nSPS) is 14.1. The smallest absolute Gasteiger partial charge is 0.326 e. The SMILES string of the molecule is CC(C)CC(NC(=O)C(N)CCCN=C(N)N)C(=O)NC(CO)C(=O)NC(Cc1c[nH]c2ccccc12)C(=O)O. The molecule has 14 heteroatoms. The van der Waals surface area contributed by atoms with Crippen molar-refractivity contribution < 1.29 is 29.4 Å². The van der Waals surface area contributed by atoms with Gasteiger partial charge in [0, 0.05) is 30.1 Å². The Labute approximate surface area is 232 Å². The van der Waals surface area contributed by atoms with Gasteiger partial charge in [-0.2, -0.15) is 0 Å². The van der Waals surface area contributed by atoms with Gasteiger partial charge in [0.2, 0.25) is 17.7 Å². The number of nitrogens with zero attached hydrogens (tertiary/aromatic N) is 1. The van der Waals surface area contributed by atoms with Crippen molar-refractivity contribution in [2.24, 2.45) is 28.1 Å². The standard InChI is InChI=1S/C26H40N8O6/c1-14(2)10-19(32-22(36)17(27)7-5-9-30-26(28)29)23(37)34-21(13-35)24(38)33-20(25(39)40)11-15-12-31-18-8-4-3-6-16(15)18/h3-4,6,8,12,14,17,19-21,31,35H,5,7,9-11,13,27H2,1-2H3,(H,32,36)(H,33,38)(H,34,37)(H,39,40)(H4,28,29,30). The van der Waals surface area contributed by atoms with Gasteiger partial charge in [0.05, 0.1) is 12.6 Å². The number of hydrogen-bond donors (Lipinski definition) is 9. The molecule has 0 aliphatic carbocycles. The van der Waals surface area contributed by atoms with E-state index in [0.717, 1.165) is 10.9 Å². The van der Waals surface area contributed by atoms with Crippen molar-refractivity contribution in [1.82, 2.24) is 20.9 Å². The number of aromatic amines is 1. The van der Waals surface area contributed by atoms with Gasteiger partial charge in [-0.3, -0.25) is 19.4 Å². The third-order valence-electron chi connectivity index (χ3n) is 6.17. The molecular formula is C26H40N8O6. The number of carbonyl (C=O) groups excluding carboxylic acids is 3. The zero-order chi connectivity index (χ0) is 29.8. The summed E-state index contributed by atoms with van der Waals surface area (Å²) in [6.07, 6.45) is 2.60. The number of aliphatic imine (C=N–C) groups is 1. The fourth-order valence-electron chi connectivity index (χ4n) is 4.09. The van der Waals surface area contributed by atoms with Crippen LogP contribution < -0.4 is 33.2 Å². The average Bonchev–Trinajstić information content (AvgIpc) is 3.30. The van der Waals surface area contributed by atoms with E-state index in [2.05, 4.69) is 25.9 Å². The summed E-state index contributed by atoms with van der Waals surface area (Å²) in [6, 6.07) is 2.60. The molecule has 40 heavy (non-hydrogen) atoms. The molecule has 0 bridgehead atoms. The fourth-order valence-corrected chi connectivity index (χ4v) is 4.09. The maximum atomic E-state index is 13.0. The average molecular weight is 561 g/mol. The van der Waals surface area contributed by atoms with Crippen LogP contribution in [-0.4, -0.2) is 82.2 Å². The van der Waals surface area contributed by atoms with Crippen molar-refractivity contribution in [2.75, 3.05) is 13.2 Å². The van der Waals surface area contributed by atoms with Gasteiger partial charge in [-0.15, -0.1) is 0 Å². The number of hydrogen-bond acceptors (Lipinski definition) is 7. The summed E-state index contributed by atoms with van der Waals surface area (Å²) >= 11 is 0. The molecule has 14 nitrogen and oxygen atoms in total. The molecule has 2 rings (SSSR count). The van der Waals surface area contributed by atoms with Crippen LogP contribution in [0.15, 0.2) is 35.5 Å². The molecule has 0 spiro atoms. The quantitative estimate of drug-likeness (QED) is 0.0669. The van der Waals surface area contributed by atoms with E-state index >= 15 is 0 Å². The van der Waals surface area contributed by atoms with Crippen LogP contribution in [0.5, 0.6) is 0 Å². The minimum atomic E-state index is -1.45. The number of aromatic nitrogens is 1. The number of aliphatic carboxylic acids is 1. The van der Waals surface area contributed by atoms with Gasteiger partial charge in [0.25, 0.3) is 0 Å². The van der Waals surface area contributed by atoms with Gasteiger partial charge in [0.15, 0.2) is 5.96 Å². The molecule has 1 aromatic carbocycles. The summed E-state index contributed by atoms with van der Waals surface area (Å²) in [6.45, 7) is 3.20. The second-order valence-electron chi connectivity index (χ2n) is 9.95. The summed E-state index contributed by atoms with van der Waals surface area (Å²) in [5, 5.41) is 27.8. The van der Waals surface area contributed by atoms with Crippen LogP contribution in [0.25, 0.3) is 10.9 Å².